The Morgan fingerprint density at radius 1 is 0.824 bits per heavy atom. The molecule has 0 N–H and O–H groups in total. The molecule has 2 aliphatic heterocycles. The molecule has 0 bridgehead atoms. The quantitative estimate of drug-likeness (QED) is 0.686. The molecule has 0 aromatic heterocycles. The van der Waals surface area contributed by atoms with E-state index < -0.39 is 0 Å². The van der Waals surface area contributed by atoms with Crippen LogP contribution >= 0.6 is 72.3 Å². The largest absolute Gasteiger partial charge is 0.178 e. The van der Waals surface area contributed by atoms with Gasteiger partial charge in [0.15, 0.2) is 0 Å². The van der Waals surface area contributed by atoms with E-state index in [0.717, 1.165) is 31.2 Å². The summed E-state index contributed by atoms with van der Waals surface area (Å²) in [5.41, 5.74) is 0. The lowest BCUT2D eigenvalue weighted by molar-refractivity contribution is 0.758. The van der Waals surface area contributed by atoms with Gasteiger partial charge in [-0.05, 0) is 19.3 Å². The Morgan fingerprint density at radius 3 is 1.65 bits per heavy atom. The van der Waals surface area contributed by atoms with Crippen molar-refractivity contribution >= 4 is 72.3 Å². The molecule has 0 aromatic carbocycles. The maximum Gasteiger partial charge on any atom is 0.0506 e. The zero-order valence-corrected chi connectivity index (χ0v) is 14.8. The van der Waals surface area contributed by atoms with Gasteiger partial charge in [0.2, 0.25) is 0 Å². The molecule has 0 aliphatic carbocycles. The van der Waals surface area contributed by atoms with E-state index >= 15 is 0 Å². The van der Waals surface area contributed by atoms with Crippen LogP contribution in [-0.2, 0) is 0 Å². The van der Waals surface area contributed by atoms with Crippen molar-refractivity contribution in [1.82, 2.24) is 0 Å². The third-order valence-corrected chi connectivity index (χ3v) is 11.1. The van der Waals surface area contributed by atoms with Crippen LogP contribution in [0, 0.1) is 0 Å². The molecule has 0 amide bonds. The highest BCUT2D eigenvalue weighted by Gasteiger charge is 2.27. The number of rotatable bonds is 6. The molecule has 0 spiro atoms. The van der Waals surface area contributed by atoms with Crippen LogP contribution in [0.4, 0.5) is 0 Å². The maximum absolute atomic E-state index is 4.39. The van der Waals surface area contributed by atoms with Crippen molar-refractivity contribution in [2.24, 2.45) is 0 Å². The topological polar surface area (TPSA) is 0 Å². The van der Waals surface area contributed by atoms with Gasteiger partial charge in [-0.1, -0.05) is 0 Å². The zero-order chi connectivity index (χ0) is 12.1. The molecule has 2 aliphatic rings. The van der Waals surface area contributed by atoms with E-state index in [0.29, 0.717) is 0 Å². The first-order valence-corrected chi connectivity index (χ1v) is 11.3. The molecule has 17 heavy (non-hydrogen) atoms. The second-order valence-corrected chi connectivity index (χ2v) is 11.2. The predicted octanol–water partition coefficient (Wildman–Crippen LogP) is 4.37. The van der Waals surface area contributed by atoms with E-state index in [1.54, 1.807) is 0 Å². The van der Waals surface area contributed by atoms with Crippen LogP contribution in [0.2, 0.25) is 0 Å². The third kappa shape index (κ3) is 5.18. The van der Waals surface area contributed by atoms with Crippen LogP contribution < -0.4 is 0 Å². The highest BCUT2D eigenvalue weighted by molar-refractivity contribution is 8.21. The third-order valence-electron chi connectivity index (χ3n) is 2.91. The molecular formula is C11H20S6. The SMILES string of the molecule is SCC1CSC(CCCC2SCC(CS)S2)S1. The van der Waals surface area contributed by atoms with Crippen molar-refractivity contribution in [3.8, 4) is 0 Å². The van der Waals surface area contributed by atoms with Gasteiger partial charge in [-0.2, -0.15) is 25.3 Å². The van der Waals surface area contributed by atoms with E-state index in [2.05, 4.69) is 72.3 Å². The Labute approximate surface area is 133 Å². The molecule has 0 radical (unpaired) electrons. The van der Waals surface area contributed by atoms with Crippen LogP contribution in [0.3, 0.4) is 0 Å². The monoisotopic (exact) mass is 344 g/mol. The summed E-state index contributed by atoms with van der Waals surface area (Å²) >= 11 is 17.4. The fraction of sp³-hybridized carbons (Fsp3) is 1.00. The lowest BCUT2D eigenvalue weighted by Crippen LogP contribution is -2.03. The minimum atomic E-state index is 0.803. The van der Waals surface area contributed by atoms with Crippen molar-refractivity contribution < 1.29 is 0 Å². The lowest BCUT2D eigenvalue weighted by atomic mass is 10.3. The highest BCUT2D eigenvalue weighted by Crippen LogP contribution is 2.44. The molecule has 2 rings (SSSR count). The van der Waals surface area contributed by atoms with Gasteiger partial charge in [0.05, 0.1) is 9.16 Å². The first-order valence-electron chi connectivity index (χ1n) is 6.07. The van der Waals surface area contributed by atoms with Crippen molar-refractivity contribution in [2.45, 2.75) is 38.9 Å². The maximum atomic E-state index is 4.39. The summed E-state index contributed by atoms with van der Waals surface area (Å²) in [6.45, 7) is 0. The predicted molar refractivity (Wildman–Crippen MR) is 96.8 cm³/mol. The summed E-state index contributed by atoms with van der Waals surface area (Å²) in [4.78, 5) is 0. The second kappa shape index (κ2) is 8.40. The van der Waals surface area contributed by atoms with Gasteiger partial charge in [-0.15, -0.1) is 47.0 Å². The van der Waals surface area contributed by atoms with Crippen LogP contribution in [0.15, 0.2) is 0 Å². The van der Waals surface area contributed by atoms with Gasteiger partial charge >= 0.3 is 0 Å². The number of thioether (sulfide) groups is 4. The average Bonchev–Trinajstić information content (AvgIpc) is 2.97. The Balaban J connectivity index is 1.55. The zero-order valence-electron chi connectivity index (χ0n) is 9.79. The Bertz CT molecular complexity index is 202. The van der Waals surface area contributed by atoms with Gasteiger partial charge in [-0.3, -0.25) is 0 Å². The molecule has 100 valence electrons. The van der Waals surface area contributed by atoms with E-state index in [9.17, 15) is 0 Å². The van der Waals surface area contributed by atoms with E-state index in [1.807, 2.05) is 0 Å². The van der Waals surface area contributed by atoms with Gasteiger partial charge in [-0.25, -0.2) is 0 Å². The fourth-order valence-corrected chi connectivity index (χ4v) is 9.63. The van der Waals surface area contributed by atoms with Gasteiger partial charge in [0, 0.05) is 33.5 Å². The van der Waals surface area contributed by atoms with Crippen molar-refractivity contribution in [3.05, 3.63) is 0 Å². The summed E-state index contributed by atoms with van der Waals surface area (Å²) in [6.07, 6.45) is 4.18. The van der Waals surface area contributed by atoms with Crippen molar-refractivity contribution in [2.75, 3.05) is 23.0 Å². The highest BCUT2D eigenvalue weighted by atomic mass is 32.2. The molecule has 0 nitrogen and oxygen atoms in total. The summed E-state index contributed by atoms with van der Waals surface area (Å²) in [7, 11) is 0. The van der Waals surface area contributed by atoms with E-state index in [4.69, 9.17) is 0 Å². The van der Waals surface area contributed by atoms with Gasteiger partial charge < -0.3 is 0 Å². The Kier molecular flexibility index (Phi) is 7.65. The van der Waals surface area contributed by atoms with Crippen LogP contribution in [0.1, 0.15) is 19.3 Å². The minimum Gasteiger partial charge on any atom is -0.178 e. The number of hydrogen-bond donors (Lipinski definition) is 2. The normalized spacial score (nSPS) is 37.8. The molecule has 2 fully saturated rings. The number of hydrogen-bond acceptors (Lipinski definition) is 6. The molecule has 0 aromatic rings. The fourth-order valence-electron chi connectivity index (χ4n) is 1.96. The molecule has 4 unspecified atom stereocenters. The minimum absolute atomic E-state index is 0.803. The standard InChI is InChI=1S/C11H20S6/c12-4-8-6-14-10(16-8)2-1-3-11-15-7-9(5-13)17-11/h8-13H,1-7H2. The summed E-state index contributed by atoms with van der Waals surface area (Å²) < 4.78 is 1.70. The second-order valence-electron chi connectivity index (χ2n) is 4.34. The van der Waals surface area contributed by atoms with Crippen LogP contribution in [0.25, 0.3) is 0 Å². The van der Waals surface area contributed by atoms with Gasteiger partial charge in [0.25, 0.3) is 0 Å². The lowest BCUT2D eigenvalue weighted by Gasteiger charge is -2.11. The Morgan fingerprint density at radius 2 is 1.29 bits per heavy atom. The van der Waals surface area contributed by atoms with Crippen molar-refractivity contribution in [3.63, 3.8) is 0 Å². The van der Waals surface area contributed by atoms with Crippen molar-refractivity contribution in [1.29, 1.82) is 0 Å². The first kappa shape index (κ1) is 15.5. The summed E-state index contributed by atoms with van der Waals surface area (Å²) in [5, 5.41) is 1.61. The first-order chi connectivity index (χ1) is 8.31. The van der Waals surface area contributed by atoms with Crippen LogP contribution in [0.5, 0.6) is 0 Å². The smallest absolute Gasteiger partial charge is 0.0506 e. The summed E-state index contributed by atoms with van der Waals surface area (Å²) in [6, 6.07) is 0. The molecule has 0 saturated carbocycles. The molecule has 6 heteroatoms. The van der Waals surface area contributed by atoms with E-state index in [1.165, 1.54) is 30.8 Å². The van der Waals surface area contributed by atoms with Crippen LogP contribution in [-0.4, -0.2) is 42.7 Å². The Hall–Kier alpha value is 2.10. The summed E-state index contributed by atoms with van der Waals surface area (Å²) in [5.74, 6) is 4.72. The van der Waals surface area contributed by atoms with Gasteiger partial charge in [0.1, 0.15) is 0 Å². The number of thiol groups is 2. The van der Waals surface area contributed by atoms with E-state index in [-0.39, 0.29) is 0 Å². The average molecular weight is 345 g/mol. The molecule has 2 saturated heterocycles. The molecular weight excluding hydrogens is 325 g/mol. The molecule has 4 atom stereocenters. The molecule has 2 heterocycles.